The first-order valence-electron chi connectivity index (χ1n) is 17.5. The van der Waals surface area contributed by atoms with E-state index < -0.39 is 0 Å². The van der Waals surface area contributed by atoms with Crippen LogP contribution in [0.25, 0.3) is 11.1 Å². The van der Waals surface area contributed by atoms with E-state index >= 15 is 0 Å². The van der Waals surface area contributed by atoms with Crippen LogP contribution in [-0.4, -0.2) is 4.21 Å². The van der Waals surface area contributed by atoms with Gasteiger partial charge in [0, 0.05) is 0 Å². The molecule has 0 aliphatic heterocycles. The fraction of sp³-hybridized carbons (Fsp3) is 0.396. The SMILES string of the molecule is CC1=CC[C-]=C1C(C)(C)C.Cc1[c-]c2c(cc1C(C)(C)C)-c1cc(C(C)(C)C)c(C)cc1C2.Cc1cc[c-]cc1.Cc1cc[c-]cc1.Cl.Cl.[CH2]=[Zr]. The second-order valence-corrected chi connectivity index (χ2v) is 16.2. The summed E-state index contributed by atoms with van der Waals surface area (Å²) in [5, 5.41) is 0. The van der Waals surface area contributed by atoms with Gasteiger partial charge in [-0.05, 0) is 40.9 Å². The maximum atomic E-state index is 3.69. The van der Waals surface area contributed by atoms with Crippen LogP contribution in [0.4, 0.5) is 0 Å². The van der Waals surface area contributed by atoms with E-state index in [1.807, 2.05) is 48.5 Å². The monoisotopic (exact) mass is 798 g/mol. The molecule has 2 aliphatic rings. The molecule has 276 valence electrons. The summed E-state index contributed by atoms with van der Waals surface area (Å²) in [7, 11) is 0. The van der Waals surface area contributed by atoms with Crippen LogP contribution in [0.15, 0.2) is 84.0 Å². The third kappa shape index (κ3) is 14.9. The fourth-order valence-electron chi connectivity index (χ4n) is 6.37. The molecule has 4 aromatic rings. The number of fused-ring (bicyclic) bond motifs is 3. The predicted molar refractivity (Wildman–Crippen MR) is 227 cm³/mol. The molecule has 51 heavy (non-hydrogen) atoms. The van der Waals surface area contributed by atoms with Crippen molar-refractivity contribution in [2.75, 3.05) is 0 Å². The second-order valence-electron chi connectivity index (χ2n) is 16.2. The van der Waals surface area contributed by atoms with E-state index in [-0.39, 0.29) is 41.1 Å². The molecular formula is C48H62Cl2Zr-4. The van der Waals surface area contributed by atoms with Gasteiger partial charge in [0.1, 0.15) is 0 Å². The first-order chi connectivity index (χ1) is 22.8. The van der Waals surface area contributed by atoms with Crippen molar-refractivity contribution >= 4 is 29.0 Å². The Bertz CT molecular complexity index is 1600. The Hall–Kier alpha value is -2.31. The van der Waals surface area contributed by atoms with E-state index in [1.165, 1.54) is 91.0 Å². The van der Waals surface area contributed by atoms with Gasteiger partial charge in [-0.2, -0.15) is 95.6 Å². The number of halogens is 2. The van der Waals surface area contributed by atoms with Crippen molar-refractivity contribution in [3.63, 3.8) is 0 Å². The van der Waals surface area contributed by atoms with Crippen molar-refractivity contribution in [3.05, 3.63) is 153 Å². The summed E-state index contributed by atoms with van der Waals surface area (Å²) in [5.41, 5.74) is 17.3. The summed E-state index contributed by atoms with van der Waals surface area (Å²) >= 11 is 1.30. The van der Waals surface area contributed by atoms with E-state index in [0.717, 1.165) is 12.8 Å². The number of rotatable bonds is 0. The van der Waals surface area contributed by atoms with Crippen molar-refractivity contribution in [2.24, 2.45) is 5.41 Å². The van der Waals surface area contributed by atoms with Crippen LogP contribution >= 0.6 is 24.8 Å². The second kappa shape index (κ2) is 21.4. The van der Waals surface area contributed by atoms with Crippen molar-refractivity contribution in [1.82, 2.24) is 0 Å². The summed E-state index contributed by atoms with van der Waals surface area (Å²) in [4.78, 5) is 0. The van der Waals surface area contributed by atoms with Crippen LogP contribution in [0.1, 0.15) is 120 Å². The number of hydrogen-bond donors (Lipinski definition) is 0. The summed E-state index contributed by atoms with van der Waals surface area (Å²) in [6.45, 7) is 31.2. The first kappa shape index (κ1) is 48.7. The first-order valence-corrected chi connectivity index (χ1v) is 19.2. The third-order valence-corrected chi connectivity index (χ3v) is 8.68. The standard InChI is InChI=1S/C23H29.C10H15.2C7H7.CH2.2ClH.Zr/c1-14-9-16-11-17-10-15(2)21(23(6,7)8)13-19(17)18(16)12-20(14)22(3,4)5;1-8-6-5-7-9(8)10(2,3)4;2*1-7-5-3-2-4-6-7;;;;/h9,12-13H,11H2,1-8H3;6H,5H2,1-4H3;2*3-6H,1H3;1H2;2*1H;/q4*-1;;;;. The number of benzene rings is 4. The van der Waals surface area contributed by atoms with Gasteiger partial charge in [-0.3, -0.25) is 6.08 Å². The summed E-state index contributed by atoms with van der Waals surface area (Å²) in [6.07, 6.45) is 7.65. The normalized spacial score (nSPS) is 12.4. The van der Waals surface area contributed by atoms with Crippen LogP contribution in [-0.2, 0) is 41.5 Å². The molecule has 0 aromatic heterocycles. The Kier molecular flexibility index (Phi) is 20.4. The average molecular weight is 801 g/mol. The van der Waals surface area contributed by atoms with Crippen molar-refractivity contribution in [2.45, 2.75) is 121 Å². The Morgan fingerprint density at radius 2 is 1.06 bits per heavy atom. The van der Waals surface area contributed by atoms with Crippen LogP contribution in [0.5, 0.6) is 0 Å². The van der Waals surface area contributed by atoms with Crippen molar-refractivity contribution < 1.29 is 24.2 Å². The fourth-order valence-corrected chi connectivity index (χ4v) is 6.37. The predicted octanol–water partition coefficient (Wildman–Crippen LogP) is 13.8. The summed E-state index contributed by atoms with van der Waals surface area (Å²) < 4.78 is 3.34. The van der Waals surface area contributed by atoms with Gasteiger partial charge in [0.25, 0.3) is 0 Å². The van der Waals surface area contributed by atoms with E-state index in [9.17, 15) is 0 Å². The zero-order chi connectivity index (χ0) is 37.2. The molecule has 0 radical (unpaired) electrons. The molecular weight excluding hydrogens is 739 g/mol. The minimum absolute atomic E-state index is 0. The van der Waals surface area contributed by atoms with Crippen LogP contribution in [0, 0.1) is 57.4 Å². The molecule has 0 heterocycles. The Labute approximate surface area is 340 Å². The van der Waals surface area contributed by atoms with Gasteiger partial charge in [-0.1, -0.05) is 106 Å². The Morgan fingerprint density at radius 3 is 1.39 bits per heavy atom. The van der Waals surface area contributed by atoms with Crippen LogP contribution in [0.3, 0.4) is 0 Å². The van der Waals surface area contributed by atoms with E-state index in [2.05, 4.69) is 150 Å². The summed E-state index contributed by atoms with van der Waals surface area (Å²) in [6, 6.07) is 32.6. The quantitative estimate of drug-likeness (QED) is 0.137. The molecule has 0 saturated carbocycles. The van der Waals surface area contributed by atoms with Gasteiger partial charge in [-0.25, -0.2) is 11.1 Å². The number of allylic oxidation sites excluding steroid dienone is 4. The topological polar surface area (TPSA) is 0 Å². The number of hydrogen-bond acceptors (Lipinski definition) is 0. The molecule has 0 atom stereocenters. The molecule has 0 bridgehead atoms. The van der Waals surface area contributed by atoms with E-state index in [4.69, 9.17) is 0 Å². The molecule has 0 nitrogen and oxygen atoms in total. The molecule has 4 aromatic carbocycles. The molecule has 0 fully saturated rings. The van der Waals surface area contributed by atoms with Crippen LogP contribution < -0.4 is 0 Å². The van der Waals surface area contributed by atoms with Crippen LogP contribution in [0.2, 0.25) is 0 Å². The molecule has 0 N–H and O–H groups in total. The summed E-state index contributed by atoms with van der Waals surface area (Å²) in [5.74, 6) is 0. The zero-order valence-corrected chi connectivity index (χ0v) is 38.0. The number of aryl methyl sites for hydroxylation is 4. The maximum absolute atomic E-state index is 3.69. The van der Waals surface area contributed by atoms with Gasteiger partial charge < -0.3 is 0 Å². The molecule has 6 rings (SSSR count). The van der Waals surface area contributed by atoms with Gasteiger partial charge in [0.15, 0.2) is 0 Å². The van der Waals surface area contributed by atoms with Gasteiger partial charge in [-0.15, -0.1) is 54.8 Å². The molecule has 0 unspecified atom stereocenters. The third-order valence-electron chi connectivity index (χ3n) is 8.68. The Morgan fingerprint density at radius 1 is 0.608 bits per heavy atom. The van der Waals surface area contributed by atoms with Gasteiger partial charge in [0.2, 0.25) is 0 Å². The molecule has 3 heteroatoms. The van der Waals surface area contributed by atoms with Gasteiger partial charge in [0.05, 0.1) is 0 Å². The zero-order valence-electron chi connectivity index (χ0n) is 33.9. The minimum atomic E-state index is 0. The van der Waals surface area contributed by atoms with Crippen molar-refractivity contribution in [3.8, 4) is 11.1 Å². The molecule has 0 saturated heterocycles. The van der Waals surface area contributed by atoms with Crippen molar-refractivity contribution in [1.29, 1.82) is 0 Å². The van der Waals surface area contributed by atoms with E-state index in [0.29, 0.717) is 0 Å². The molecule has 2 aliphatic carbocycles. The van der Waals surface area contributed by atoms with Gasteiger partial charge >= 0.3 is 28.4 Å². The molecule has 0 amide bonds. The Balaban J connectivity index is 0.000000738. The average Bonchev–Trinajstić information content (AvgIpc) is 3.60. The van der Waals surface area contributed by atoms with E-state index in [1.54, 1.807) is 0 Å². The molecule has 0 spiro atoms.